The van der Waals surface area contributed by atoms with E-state index in [2.05, 4.69) is 11.8 Å². The highest BCUT2D eigenvalue weighted by atomic mass is 16.1. The minimum absolute atomic E-state index is 0.0318. The van der Waals surface area contributed by atoms with Crippen molar-refractivity contribution in [1.29, 1.82) is 0 Å². The van der Waals surface area contributed by atoms with Crippen LogP contribution in [0.5, 0.6) is 0 Å². The van der Waals surface area contributed by atoms with Gasteiger partial charge in [-0.3, -0.25) is 9.69 Å². The van der Waals surface area contributed by atoms with Crippen molar-refractivity contribution in [2.24, 2.45) is 17.4 Å². The summed E-state index contributed by atoms with van der Waals surface area (Å²) in [6, 6.07) is 0.414. The zero-order chi connectivity index (χ0) is 10.6. The molecule has 2 atom stereocenters. The highest BCUT2D eigenvalue weighted by molar-refractivity contribution is 5.76. The van der Waals surface area contributed by atoms with E-state index in [9.17, 15) is 4.79 Å². The lowest BCUT2D eigenvalue weighted by Crippen LogP contribution is -2.48. The van der Waals surface area contributed by atoms with Crippen LogP contribution in [0.15, 0.2) is 0 Å². The maximum atomic E-state index is 11.1. The van der Waals surface area contributed by atoms with Gasteiger partial charge in [-0.25, -0.2) is 0 Å². The van der Waals surface area contributed by atoms with E-state index in [0.717, 1.165) is 32.4 Å². The van der Waals surface area contributed by atoms with Gasteiger partial charge in [0.15, 0.2) is 0 Å². The fourth-order valence-electron chi connectivity index (χ4n) is 2.14. The fourth-order valence-corrected chi connectivity index (χ4v) is 2.14. The van der Waals surface area contributed by atoms with E-state index >= 15 is 0 Å². The summed E-state index contributed by atoms with van der Waals surface area (Å²) in [5.41, 5.74) is 11.0. The molecule has 0 aromatic rings. The molecule has 4 N–H and O–H groups in total. The van der Waals surface area contributed by atoms with Gasteiger partial charge in [-0.05, 0) is 25.8 Å². The van der Waals surface area contributed by atoms with Crippen LogP contribution in [-0.4, -0.2) is 36.5 Å². The van der Waals surface area contributed by atoms with E-state index in [1.807, 2.05) is 0 Å². The van der Waals surface area contributed by atoms with E-state index in [1.165, 1.54) is 0 Å². The Morgan fingerprint density at radius 3 is 2.86 bits per heavy atom. The molecule has 1 heterocycles. The number of nitrogens with two attached hydrogens (primary N) is 2. The van der Waals surface area contributed by atoms with Crippen LogP contribution in [0.25, 0.3) is 0 Å². The second-order valence-corrected chi connectivity index (χ2v) is 4.03. The van der Waals surface area contributed by atoms with Crippen molar-refractivity contribution in [3.8, 4) is 0 Å². The third-order valence-electron chi connectivity index (χ3n) is 3.11. The van der Waals surface area contributed by atoms with Crippen molar-refractivity contribution in [2.45, 2.75) is 32.2 Å². The summed E-state index contributed by atoms with van der Waals surface area (Å²) in [4.78, 5) is 13.4. The normalized spacial score (nSPS) is 26.0. The first-order chi connectivity index (χ1) is 6.69. The van der Waals surface area contributed by atoms with Crippen LogP contribution in [0.4, 0.5) is 0 Å². The predicted octanol–water partition coefficient (Wildman–Crippen LogP) is -0.0790. The van der Waals surface area contributed by atoms with Gasteiger partial charge in [0.1, 0.15) is 0 Å². The Morgan fingerprint density at radius 2 is 2.36 bits per heavy atom. The Labute approximate surface area is 85.6 Å². The number of nitrogens with zero attached hydrogens (tertiary/aromatic N) is 1. The first-order valence-electron chi connectivity index (χ1n) is 5.42. The van der Waals surface area contributed by atoms with E-state index in [0.29, 0.717) is 12.6 Å². The van der Waals surface area contributed by atoms with E-state index < -0.39 is 0 Å². The number of likely N-dealkylation sites (tertiary alicyclic amines) is 1. The van der Waals surface area contributed by atoms with Crippen LogP contribution in [-0.2, 0) is 4.79 Å². The summed E-state index contributed by atoms with van der Waals surface area (Å²) in [5.74, 6) is -0.133. The van der Waals surface area contributed by atoms with Crippen LogP contribution in [0.3, 0.4) is 0 Å². The first kappa shape index (κ1) is 11.5. The molecule has 0 radical (unpaired) electrons. The summed E-state index contributed by atoms with van der Waals surface area (Å²) in [6.07, 6.45) is 3.04. The highest BCUT2D eigenvalue weighted by Crippen LogP contribution is 2.18. The van der Waals surface area contributed by atoms with Crippen molar-refractivity contribution in [1.82, 2.24) is 4.90 Å². The van der Waals surface area contributed by atoms with Gasteiger partial charge in [0, 0.05) is 19.1 Å². The molecule has 82 valence electrons. The van der Waals surface area contributed by atoms with Crippen LogP contribution < -0.4 is 11.5 Å². The molecule has 0 spiro atoms. The van der Waals surface area contributed by atoms with Gasteiger partial charge in [0.25, 0.3) is 0 Å². The number of amides is 1. The van der Waals surface area contributed by atoms with Crippen molar-refractivity contribution in [2.75, 3.05) is 19.6 Å². The van der Waals surface area contributed by atoms with Gasteiger partial charge in [0.2, 0.25) is 5.91 Å². The summed E-state index contributed by atoms with van der Waals surface area (Å²) in [5, 5.41) is 0. The maximum absolute atomic E-state index is 11.1. The molecule has 0 aromatic heterocycles. The monoisotopic (exact) mass is 199 g/mol. The first-order valence-corrected chi connectivity index (χ1v) is 5.42. The van der Waals surface area contributed by atoms with Crippen LogP contribution >= 0.6 is 0 Å². The smallest absolute Gasteiger partial charge is 0.221 e. The van der Waals surface area contributed by atoms with Crippen molar-refractivity contribution in [3.63, 3.8) is 0 Å². The molecule has 1 rings (SSSR count). The minimum Gasteiger partial charge on any atom is -0.369 e. The molecule has 0 aromatic carbocycles. The Morgan fingerprint density at radius 1 is 1.64 bits per heavy atom. The molecule has 1 aliphatic rings. The molecule has 0 bridgehead atoms. The maximum Gasteiger partial charge on any atom is 0.221 e. The lowest BCUT2D eigenvalue weighted by Gasteiger charge is -2.36. The number of rotatable bonds is 4. The highest BCUT2D eigenvalue weighted by Gasteiger charge is 2.26. The van der Waals surface area contributed by atoms with Crippen molar-refractivity contribution < 1.29 is 4.79 Å². The summed E-state index contributed by atoms with van der Waals surface area (Å²) < 4.78 is 0. The lowest BCUT2D eigenvalue weighted by molar-refractivity contribution is -0.123. The topological polar surface area (TPSA) is 72.3 Å². The van der Waals surface area contributed by atoms with Gasteiger partial charge in [-0.2, -0.15) is 0 Å². The SMILES string of the molecule is CCC(CN)N1CCCC(C(N)=O)C1. The van der Waals surface area contributed by atoms with Gasteiger partial charge in [-0.1, -0.05) is 6.92 Å². The Kier molecular flexibility index (Phi) is 4.35. The summed E-state index contributed by atoms with van der Waals surface area (Å²) in [6.45, 7) is 4.65. The van der Waals surface area contributed by atoms with Gasteiger partial charge in [-0.15, -0.1) is 0 Å². The molecule has 1 aliphatic heterocycles. The number of carbonyl (C=O) groups excluding carboxylic acids is 1. The lowest BCUT2D eigenvalue weighted by atomic mass is 9.95. The molecule has 1 amide bonds. The zero-order valence-electron chi connectivity index (χ0n) is 8.91. The van der Waals surface area contributed by atoms with Crippen molar-refractivity contribution in [3.05, 3.63) is 0 Å². The second-order valence-electron chi connectivity index (χ2n) is 4.03. The average Bonchev–Trinajstić information content (AvgIpc) is 2.20. The molecule has 4 nitrogen and oxygen atoms in total. The Bertz CT molecular complexity index is 192. The van der Waals surface area contributed by atoms with Crippen LogP contribution in [0, 0.1) is 5.92 Å². The van der Waals surface area contributed by atoms with E-state index in [1.54, 1.807) is 0 Å². The van der Waals surface area contributed by atoms with Gasteiger partial charge >= 0.3 is 0 Å². The third kappa shape index (κ3) is 2.69. The summed E-state index contributed by atoms with van der Waals surface area (Å²) in [7, 11) is 0. The number of piperidine rings is 1. The molecule has 0 aliphatic carbocycles. The molecular formula is C10H21N3O. The molecule has 1 saturated heterocycles. The predicted molar refractivity (Wildman–Crippen MR) is 56.6 cm³/mol. The average molecular weight is 199 g/mol. The fraction of sp³-hybridized carbons (Fsp3) is 0.900. The van der Waals surface area contributed by atoms with Crippen LogP contribution in [0.2, 0.25) is 0 Å². The van der Waals surface area contributed by atoms with Gasteiger partial charge in [0.05, 0.1) is 5.92 Å². The Hall–Kier alpha value is -0.610. The van der Waals surface area contributed by atoms with E-state index in [-0.39, 0.29) is 11.8 Å². The van der Waals surface area contributed by atoms with Gasteiger partial charge < -0.3 is 11.5 Å². The molecule has 4 heteroatoms. The molecule has 2 unspecified atom stereocenters. The largest absolute Gasteiger partial charge is 0.369 e. The number of carbonyl (C=O) groups is 1. The number of hydrogen-bond acceptors (Lipinski definition) is 3. The summed E-state index contributed by atoms with van der Waals surface area (Å²) >= 11 is 0. The van der Waals surface area contributed by atoms with Crippen LogP contribution in [0.1, 0.15) is 26.2 Å². The molecule has 14 heavy (non-hydrogen) atoms. The quantitative estimate of drug-likeness (QED) is 0.665. The molecular weight excluding hydrogens is 178 g/mol. The van der Waals surface area contributed by atoms with Crippen molar-refractivity contribution >= 4 is 5.91 Å². The minimum atomic E-state index is -0.165. The third-order valence-corrected chi connectivity index (χ3v) is 3.11. The standard InChI is InChI=1S/C10H21N3O/c1-2-9(6-11)13-5-3-4-8(7-13)10(12)14/h8-9H,2-7,11H2,1H3,(H2,12,14). The number of primary amides is 1. The molecule has 0 saturated carbocycles. The second kappa shape index (κ2) is 5.32. The van der Waals surface area contributed by atoms with E-state index in [4.69, 9.17) is 11.5 Å². The molecule has 1 fully saturated rings. The zero-order valence-corrected chi connectivity index (χ0v) is 8.91. The Balaban J connectivity index is 2.50. The number of hydrogen-bond donors (Lipinski definition) is 2.